The van der Waals surface area contributed by atoms with Gasteiger partial charge >= 0.3 is 11.9 Å². The lowest BCUT2D eigenvalue weighted by atomic mass is 9.68. The third kappa shape index (κ3) is 5.22. The fourth-order valence-electron chi connectivity index (χ4n) is 5.17. The normalized spacial score (nSPS) is 21.4. The van der Waals surface area contributed by atoms with Gasteiger partial charge in [0.1, 0.15) is 5.92 Å². The second kappa shape index (κ2) is 11.8. The van der Waals surface area contributed by atoms with Gasteiger partial charge in [0.15, 0.2) is 5.78 Å². The number of esters is 2. The topological polar surface area (TPSA) is 81.7 Å². The summed E-state index contributed by atoms with van der Waals surface area (Å²) in [4.78, 5) is 41.8. The number of hydrogen-bond donors (Lipinski definition) is 1. The highest BCUT2D eigenvalue weighted by Gasteiger charge is 2.50. The van der Waals surface area contributed by atoms with Gasteiger partial charge in [-0.1, -0.05) is 54.7 Å². The maximum Gasteiger partial charge on any atom is 0.336 e. The number of hydrogen-bond acceptors (Lipinski definition) is 7. The van der Waals surface area contributed by atoms with Crippen LogP contribution < -0.4 is 5.32 Å². The summed E-state index contributed by atoms with van der Waals surface area (Å²) >= 11 is 14.6. The van der Waals surface area contributed by atoms with Crippen molar-refractivity contribution >= 4 is 52.3 Å². The van der Waals surface area contributed by atoms with Crippen LogP contribution in [0, 0.1) is 5.92 Å². The zero-order valence-corrected chi connectivity index (χ0v) is 23.3. The minimum absolute atomic E-state index is 0.155. The summed E-state index contributed by atoms with van der Waals surface area (Å²) in [6, 6.07) is 8.98. The molecule has 0 unspecified atom stereocenters. The van der Waals surface area contributed by atoms with Crippen molar-refractivity contribution in [3.05, 3.63) is 78.7 Å². The Morgan fingerprint density at radius 1 is 1.08 bits per heavy atom. The molecular weight excluding hydrogens is 533 g/mol. The Morgan fingerprint density at radius 2 is 1.84 bits per heavy atom. The quantitative estimate of drug-likeness (QED) is 0.290. The lowest BCUT2D eigenvalue weighted by molar-refractivity contribution is -0.152. The van der Waals surface area contributed by atoms with E-state index in [9.17, 15) is 14.4 Å². The largest absolute Gasteiger partial charge is 0.465 e. The molecule has 1 aliphatic carbocycles. The van der Waals surface area contributed by atoms with Gasteiger partial charge in [-0.2, -0.15) is 0 Å². The van der Waals surface area contributed by atoms with Crippen LogP contribution in [0.1, 0.15) is 62.3 Å². The number of halogens is 2. The molecule has 0 spiro atoms. The molecule has 3 atom stereocenters. The van der Waals surface area contributed by atoms with Crippen molar-refractivity contribution in [2.45, 2.75) is 51.9 Å². The summed E-state index contributed by atoms with van der Waals surface area (Å²) in [6.45, 7) is 5.78. The van der Waals surface area contributed by atoms with Gasteiger partial charge in [-0.05, 0) is 49.8 Å². The number of rotatable bonds is 8. The van der Waals surface area contributed by atoms with Crippen molar-refractivity contribution in [1.29, 1.82) is 0 Å². The van der Waals surface area contributed by atoms with Crippen LogP contribution >= 0.6 is 34.5 Å². The van der Waals surface area contributed by atoms with E-state index in [0.717, 1.165) is 11.3 Å². The minimum Gasteiger partial charge on any atom is -0.465 e. The van der Waals surface area contributed by atoms with Gasteiger partial charge in [-0.15, -0.1) is 11.3 Å². The fraction of sp³-hybridized carbons (Fsp3) is 0.393. The summed E-state index contributed by atoms with van der Waals surface area (Å²) in [6.07, 6.45) is 1.74. The summed E-state index contributed by atoms with van der Waals surface area (Å²) in [5, 5.41) is 5.89. The Labute approximate surface area is 230 Å². The van der Waals surface area contributed by atoms with Crippen LogP contribution in [-0.2, 0) is 23.9 Å². The van der Waals surface area contributed by atoms with Gasteiger partial charge in [0, 0.05) is 33.7 Å². The minimum atomic E-state index is -1.05. The molecule has 1 N–H and O–H groups in total. The summed E-state index contributed by atoms with van der Waals surface area (Å²) < 4.78 is 10.8. The first-order valence-corrected chi connectivity index (χ1v) is 14.1. The number of benzene rings is 1. The van der Waals surface area contributed by atoms with E-state index in [-0.39, 0.29) is 29.9 Å². The van der Waals surface area contributed by atoms with Crippen molar-refractivity contribution in [2.75, 3.05) is 13.2 Å². The molecule has 0 radical (unpaired) electrons. The lowest BCUT2D eigenvalue weighted by Crippen LogP contribution is -2.43. The van der Waals surface area contributed by atoms with Crippen molar-refractivity contribution in [3.8, 4) is 0 Å². The second-order valence-corrected chi connectivity index (χ2v) is 10.6. The predicted octanol–water partition coefficient (Wildman–Crippen LogP) is 6.55. The highest BCUT2D eigenvalue weighted by molar-refractivity contribution is 7.10. The SMILES string of the molecule is CCCC1=C(C(=O)OCC)[C@H](c2cccc(Cl)c2Cl)C2=C(C[C@H](c3cccs3)[C@@H](C(=O)OCC)C2=O)N1. The van der Waals surface area contributed by atoms with Gasteiger partial charge in [0.25, 0.3) is 0 Å². The average molecular weight is 563 g/mol. The van der Waals surface area contributed by atoms with Gasteiger partial charge in [0.2, 0.25) is 0 Å². The lowest BCUT2D eigenvalue weighted by Gasteiger charge is -2.39. The van der Waals surface area contributed by atoms with Crippen LogP contribution in [0.25, 0.3) is 0 Å². The van der Waals surface area contributed by atoms with E-state index in [1.165, 1.54) is 11.3 Å². The van der Waals surface area contributed by atoms with Crippen molar-refractivity contribution in [2.24, 2.45) is 5.92 Å². The Balaban J connectivity index is 1.96. The Kier molecular flexibility index (Phi) is 8.78. The van der Waals surface area contributed by atoms with Gasteiger partial charge in [-0.3, -0.25) is 9.59 Å². The standard InChI is InChI=1S/C28H29Cl2NO5S/c1-4-9-18-24(28(34)36-6-3)21(15-10-7-11-17(29)25(15)30)23-19(31-18)14-16(20-12-8-13-37-20)22(26(23)32)27(33)35-5-2/h7-8,10-13,16,21-22,31H,4-6,9,14H2,1-3H3/t16-,21-,22-/m1/s1. The third-order valence-electron chi connectivity index (χ3n) is 6.64. The van der Waals surface area contributed by atoms with Crippen LogP contribution in [0.3, 0.4) is 0 Å². The van der Waals surface area contributed by atoms with Crippen LogP contribution in [0.2, 0.25) is 10.0 Å². The molecule has 196 valence electrons. The van der Waals surface area contributed by atoms with E-state index >= 15 is 0 Å². The fourth-order valence-corrected chi connectivity index (χ4v) is 6.45. The predicted molar refractivity (Wildman–Crippen MR) is 145 cm³/mol. The number of carbonyl (C=O) groups excluding carboxylic acids is 3. The van der Waals surface area contributed by atoms with Crippen LogP contribution in [0.15, 0.2) is 58.3 Å². The number of ether oxygens (including phenoxy) is 2. The van der Waals surface area contributed by atoms with E-state index in [4.69, 9.17) is 32.7 Å². The Bertz CT molecular complexity index is 1270. The summed E-state index contributed by atoms with van der Waals surface area (Å²) in [7, 11) is 0. The molecule has 2 aliphatic rings. The van der Waals surface area contributed by atoms with E-state index in [0.29, 0.717) is 46.0 Å². The van der Waals surface area contributed by atoms with E-state index in [2.05, 4.69) is 5.32 Å². The van der Waals surface area contributed by atoms with Gasteiger partial charge in [0.05, 0.1) is 28.8 Å². The molecule has 1 aromatic carbocycles. The molecule has 0 amide bonds. The molecular formula is C28H29Cl2NO5S. The molecule has 0 bridgehead atoms. The molecule has 9 heteroatoms. The van der Waals surface area contributed by atoms with Gasteiger partial charge in [-0.25, -0.2) is 4.79 Å². The van der Waals surface area contributed by atoms with Crippen molar-refractivity contribution in [1.82, 2.24) is 5.32 Å². The number of allylic oxidation sites excluding steroid dienone is 3. The monoisotopic (exact) mass is 561 g/mol. The first-order chi connectivity index (χ1) is 17.8. The van der Waals surface area contributed by atoms with E-state index in [1.54, 1.807) is 32.0 Å². The molecule has 6 nitrogen and oxygen atoms in total. The number of dihydropyridines is 1. The van der Waals surface area contributed by atoms with Crippen molar-refractivity contribution < 1.29 is 23.9 Å². The molecule has 1 aliphatic heterocycles. The molecule has 37 heavy (non-hydrogen) atoms. The van der Waals surface area contributed by atoms with E-state index < -0.39 is 23.8 Å². The molecule has 4 rings (SSSR count). The zero-order valence-electron chi connectivity index (χ0n) is 20.9. The Hall–Kier alpha value is -2.61. The van der Waals surface area contributed by atoms with Crippen LogP contribution in [0.5, 0.6) is 0 Å². The zero-order chi connectivity index (χ0) is 26.7. The second-order valence-electron chi connectivity index (χ2n) is 8.88. The third-order valence-corrected chi connectivity index (χ3v) is 8.48. The number of Topliss-reactive ketones (excluding diaryl/α,β-unsaturated/α-hetero) is 1. The highest BCUT2D eigenvalue weighted by atomic mass is 35.5. The number of nitrogens with one attached hydrogen (secondary N) is 1. The summed E-state index contributed by atoms with van der Waals surface area (Å²) in [5.41, 5.74) is 2.54. The summed E-state index contributed by atoms with van der Waals surface area (Å²) in [5.74, 6) is -3.77. The van der Waals surface area contributed by atoms with Crippen LogP contribution in [-0.4, -0.2) is 30.9 Å². The maximum atomic E-state index is 14.3. The number of thiophene rings is 1. The molecule has 1 aromatic heterocycles. The Morgan fingerprint density at radius 3 is 2.49 bits per heavy atom. The van der Waals surface area contributed by atoms with Crippen molar-refractivity contribution in [3.63, 3.8) is 0 Å². The first-order valence-electron chi connectivity index (χ1n) is 12.4. The smallest absolute Gasteiger partial charge is 0.336 e. The molecule has 0 fully saturated rings. The molecule has 0 saturated heterocycles. The van der Waals surface area contributed by atoms with Gasteiger partial charge < -0.3 is 14.8 Å². The highest BCUT2D eigenvalue weighted by Crippen LogP contribution is 2.50. The molecule has 2 aromatic rings. The first kappa shape index (κ1) is 27.4. The average Bonchev–Trinajstić information content (AvgIpc) is 3.40. The number of ketones is 1. The molecule has 2 heterocycles. The number of carbonyl (C=O) groups is 3. The maximum absolute atomic E-state index is 14.3. The van der Waals surface area contributed by atoms with E-state index in [1.807, 2.05) is 24.4 Å². The van der Waals surface area contributed by atoms with Crippen LogP contribution in [0.4, 0.5) is 0 Å². The molecule has 0 saturated carbocycles.